The molecule has 106 valence electrons. The van der Waals surface area contributed by atoms with Gasteiger partial charge in [-0.15, -0.1) is 0 Å². The molecule has 1 N–H and O–H groups in total. The van der Waals surface area contributed by atoms with Gasteiger partial charge in [0.1, 0.15) is 0 Å². The van der Waals surface area contributed by atoms with E-state index in [0.29, 0.717) is 15.9 Å². The highest BCUT2D eigenvalue weighted by Crippen LogP contribution is 2.27. The molecule has 0 amide bonds. The van der Waals surface area contributed by atoms with Gasteiger partial charge in [-0.3, -0.25) is 0 Å². The van der Waals surface area contributed by atoms with Crippen LogP contribution in [-0.2, 0) is 10.0 Å². The molecule has 1 aromatic carbocycles. The summed E-state index contributed by atoms with van der Waals surface area (Å²) in [7, 11) is -3.42. The average Bonchev–Trinajstić information content (AvgIpc) is 2.40. The Hall–Kier alpha value is -0.430. The van der Waals surface area contributed by atoms with Crippen LogP contribution in [0, 0.1) is 0 Å². The minimum absolute atomic E-state index is 0.100. The third-order valence-corrected chi connectivity index (χ3v) is 6.49. The van der Waals surface area contributed by atoms with E-state index in [-0.39, 0.29) is 6.04 Å². The molecule has 0 atom stereocenters. The van der Waals surface area contributed by atoms with Crippen molar-refractivity contribution >= 4 is 26.0 Å². The lowest BCUT2D eigenvalue weighted by Crippen LogP contribution is -2.46. The second-order valence-electron chi connectivity index (χ2n) is 4.62. The number of sulfonamides is 1. The molecule has 0 bridgehead atoms. The van der Waals surface area contributed by atoms with Gasteiger partial charge in [-0.1, -0.05) is 19.1 Å². The van der Waals surface area contributed by atoms with E-state index < -0.39 is 10.0 Å². The van der Waals surface area contributed by atoms with Gasteiger partial charge in [0, 0.05) is 17.1 Å². The van der Waals surface area contributed by atoms with E-state index in [2.05, 4.69) is 21.2 Å². The Morgan fingerprint density at radius 1 is 1.32 bits per heavy atom. The Morgan fingerprint density at radius 3 is 2.53 bits per heavy atom. The fourth-order valence-electron chi connectivity index (χ4n) is 2.50. The van der Waals surface area contributed by atoms with Crippen molar-refractivity contribution in [1.82, 2.24) is 9.62 Å². The van der Waals surface area contributed by atoms with Gasteiger partial charge >= 0.3 is 0 Å². The van der Waals surface area contributed by atoms with Crippen molar-refractivity contribution in [3.05, 3.63) is 28.7 Å². The van der Waals surface area contributed by atoms with E-state index in [1.807, 2.05) is 13.0 Å². The highest BCUT2D eigenvalue weighted by Gasteiger charge is 2.31. The molecule has 2 rings (SSSR count). The summed E-state index contributed by atoms with van der Waals surface area (Å²) in [5, 5.41) is 3.27. The van der Waals surface area contributed by atoms with Gasteiger partial charge in [-0.2, -0.15) is 4.31 Å². The molecule has 0 saturated carbocycles. The van der Waals surface area contributed by atoms with Crippen LogP contribution in [0.1, 0.15) is 19.8 Å². The molecule has 1 fully saturated rings. The third-order valence-electron chi connectivity index (χ3n) is 3.45. The molecule has 0 aromatic heterocycles. The van der Waals surface area contributed by atoms with Gasteiger partial charge in [0.25, 0.3) is 0 Å². The van der Waals surface area contributed by atoms with E-state index in [1.165, 1.54) is 0 Å². The first kappa shape index (κ1) is 15.0. The maximum Gasteiger partial charge on any atom is 0.244 e. The summed E-state index contributed by atoms with van der Waals surface area (Å²) in [5.74, 6) is 0. The number of benzene rings is 1. The van der Waals surface area contributed by atoms with Crippen molar-refractivity contribution in [3.63, 3.8) is 0 Å². The van der Waals surface area contributed by atoms with Gasteiger partial charge in [-0.05, 0) is 54.0 Å². The fraction of sp³-hybridized carbons (Fsp3) is 0.538. The van der Waals surface area contributed by atoms with Gasteiger partial charge in [0.05, 0.1) is 4.90 Å². The summed E-state index contributed by atoms with van der Waals surface area (Å²) in [6.07, 6.45) is 1.75. The van der Waals surface area contributed by atoms with Gasteiger partial charge in [0.2, 0.25) is 10.0 Å². The smallest absolute Gasteiger partial charge is 0.244 e. The van der Waals surface area contributed by atoms with Crippen molar-refractivity contribution in [2.24, 2.45) is 0 Å². The zero-order valence-electron chi connectivity index (χ0n) is 11.0. The monoisotopic (exact) mass is 346 g/mol. The molecule has 1 aliphatic heterocycles. The maximum absolute atomic E-state index is 12.8. The quantitative estimate of drug-likeness (QED) is 0.909. The minimum atomic E-state index is -3.42. The Kier molecular flexibility index (Phi) is 5.00. The number of nitrogens with zero attached hydrogens (tertiary/aromatic N) is 1. The van der Waals surface area contributed by atoms with Crippen molar-refractivity contribution in [1.29, 1.82) is 0 Å². The summed E-state index contributed by atoms with van der Waals surface area (Å²) >= 11 is 3.34. The molecule has 1 heterocycles. The second kappa shape index (κ2) is 6.35. The van der Waals surface area contributed by atoms with Crippen molar-refractivity contribution < 1.29 is 8.42 Å². The molecule has 6 heteroatoms. The van der Waals surface area contributed by atoms with Crippen LogP contribution in [0.3, 0.4) is 0 Å². The number of nitrogens with one attached hydrogen (secondary N) is 1. The topological polar surface area (TPSA) is 49.4 Å². The lowest BCUT2D eigenvalue weighted by atomic mass is 10.1. The first-order chi connectivity index (χ1) is 9.07. The molecule has 1 aliphatic rings. The fourth-order valence-corrected chi connectivity index (χ4v) is 5.16. The van der Waals surface area contributed by atoms with Gasteiger partial charge in [0.15, 0.2) is 0 Å². The molecule has 0 radical (unpaired) electrons. The number of hydrogen-bond acceptors (Lipinski definition) is 3. The number of hydrogen-bond donors (Lipinski definition) is 1. The molecule has 0 aliphatic carbocycles. The Bertz CT molecular complexity index is 527. The van der Waals surface area contributed by atoms with Crippen LogP contribution in [0.2, 0.25) is 0 Å². The maximum atomic E-state index is 12.8. The third kappa shape index (κ3) is 3.18. The lowest BCUT2D eigenvalue weighted by Gasteiger charge is -2.33. The molecule has 0 unspecified atom stereocenters. The summed E-state index contributed by atoms with van der Waals surface area (Å²) < 4.78 is 27.8. The molecule has 19 heavy (non-hydrogen) atoms. The van der Waals surface area contributed by atoms with E-state index in [9.17, 15) is 8.42 Å². The molecule has 4 nitrogen and oxygen atoms in total. The van der Waals surface area contributed by atoms with Crippen LogP contribution in [0.5, 0.6) is 0 Å². The number of rotatable bonds is 4. The highest BCUT2D eigenvalue weighted by atomic mass is 79.9. The van der Waals surface area contributed by atoms with Gasteiger partial charge in [-0.25, -0.2) is 8.42 Å². The summed E-state index contributed by atoms with van der Waals surface area (Å²) in [4.78, 5) is 0.357. The summed E-state index contributed by atoms with van der Waals surface area (Å²) in [6, 6.07) is 7.10. The Balaban J connectivity index is 2.33. The normalized spacial score (nSPS) is 17.8. The summed E-state index contributed by atoms with van der Waals surface area (Å²) in [6.45, 7) is 4.17. The van der Waals surface area contributed by atoms with Gasteiger partial charge < -0.3 is 5.32 Å². The second-order valence-corrected chi connectivity index (χ2v) is 7.33. The molecular formula is C13H19BrN2O2S. The van der Waals surface area contributed by atoms with Crippen LogP contribution in [0.4, 0.5) is 0 Å². The molecule has 1 saturated heterocycles. The Labute approximate surface area is 123 Å². The van der Waals surface area contributed by atoms with Crippen LogP contribution in [0.25, 0.3) is 0 Å². The van der Waals surface area contributed by atoms with E-state index in [0.717, 1.165) is 25.9 Å². The molecule has 1 aromatic rings. The van der Waals surface area contributed by atoms with Crippen LogP contribution < -0.4 is 5.32 Å². The summed E-state index contributed by atoms with van der Waals surface area (Å²) in [5.41, 5.74) is 0. The molecular weight excluding hydrogens is 328 g/mol. The van der Waals surface area contributed by atoms with E-state index in [1.54, 1.807) is 22.5 Å². The molecule has 0 spiro atoms. The average molecular weight is 347 g/mol. The van der Waals surface area contributed by atoms with Crippen LogP contribution in [0.15, 0.2) is 33.6 Å². The first-order valence-electron chi connectivity index (χ1n) is 6.54. The van der Waals surface area contributed by atoms with Crippen molar-refractivity contribution in [2.45, 2.75) is 30.7 Å². The Morgan fingerprint density at radius 2 is 1.95 bits per heavy atom. The minimum Gasteiger partial charge on any atom is -0.317 e. The van der Waals surface area contributed by atoms with Crippen molar-refractivity contribution in [3.8, 4) is 0 Å². The number of halogens is 1. The first-order valence-corrected chi connectivity index (χ1v) is 8.77. The zero-order chi connectivity index (χ0) is 13.9. The predicted octanol–water partition coefficient (Wildman–Crippen LogP) is 2.21. The zero-order valence-corrected chi connectivity index (χ0v) is 13.4. The van der Waals surface area contributed by atoms with E-state index >= 15 is 0 Å². The standard InChI is InChI=1S/C13H19BrN2O2S/c1-2-16(11-7-9-15-10-8-11)19(17,18)13-6-4-3-5-12(13)14/h3-6,11,15H,2,7-10H2,1H3. The number of piperidine rings is 1. The van der Waals surface area contributed by atoms with Crippen molar-refractivity contribution in [2.75, 3.05) is 19.6 Å². The lowest BCUT2D eigenvalue weighted by molar-refractivity contribution is 0.270. The largest absolute Gasteiger partial charge is 0.317 e. The predicted molar refractivity (Wildman–Crippen MR) is 79.6 cm³/mol. The van der Waals surface area contributed by atoms with E-state index in [4.69, 9.17) is 0 Å². The van der Waals surface area contributed by atoms with Crippen LogP contribution >= 0.6 is 15.9 Å². The SMILES string of the molecule is CCN(C1CCNCC1)S(=O)(=O)c1ccccc1Br. The highest BCUT2D eigenvalue weighted by molar-refractivity contribution is 9.10. The van der Waals surface area contributed by atoms with Crippen LogP contribution in [-0.4, -0.2) is 38.4 Å².